The van der Waals surface area contributed by atoms with Crippen LogP contribution in [0.1, 0.15) is 59.2 Å². The number of fused-ring (bicyclic) bond motifs is 2. The van der Waals surface area contributed by atoms with Crippen LogP contribution < -0.4 is 24.9 Å². The zero-order chi connectivity index (χ0) is 44.4. The molecule has 3 aliphatic rings. The van der Waals surface area contributed by atoms with Gasteiger partial charge in [-0.15, -0.1) is 0 Å². The first kappa shape index (κ1) is 44.4. The number of phenolic OH excluding ortho intramolecular Hbond substituents is 1. The van der Waals surface area contributed by atoms with E-state index in [1.54, 1.807) is 11.0 Å². The lowest BCUT2D eigenvalue weighted by Gasteiger charge is -2.53. The number of piperazine rings is 1. The normalized spacial score (nSPS) is 18.3. The van der Waals surface area contributed by atoms with E-state index in [4.69, 9.17) is 24.2 Å². The summed E-state index contributed by atoms with van der Waals surface area (Å²) in [6.45, 7) is 19.2. The van der Waals surface area contributed by atoms with Gasteiger partial charge in [0, 0.05) is 68.5 Å². The molecule has 13 heteroatoms. The predicted molar refractivity (Wildman–Crippen MR) is 252 cm³/mol. The molecule has 2 atom stereocenters. The van der Waals surface area contributed by atoms with Crippen molar-refractivity contribution in [2.45, 2.75) is 83.3 Å². The fourth-order valence-corrected chi connectivity index (χ4v) is 16.0. The van der Waals surface area contributed by atoms with Crippen LogP contribution in [-0.2, 0) is 22.4 Å². The minimum Gasteiger partial charge on any atom is -0.508 e. The third kappa shape index (κ3) is 9.38. The minimum atomic E-state index is -3.19. The van der Waals surface area contributed by atoms with E-state index in [-0.39, 0.29) is 17.3 Å². The molecular weight excluding hydrogens is 809 g/mol. The van der Waals surface area contributed by atoms with Crippen LogP contribution >= 0.6 is 0 Å². The zero-order valence-electron chi connectivity index (χ0n) is 37.8. The number of aliphatic hydroxyl groups excluding tert-OH is 1. The molecule has 2 unspecified atom stereocenters. The van der Waals surface area contributed by atoms with Crippen molar-refractivity contribution in [2.75, 3.05) is 75.4 Å². The molecule has 4 aromatic carbocycles. The number of hydrogen-bond donors (Lipinski definition) is 2. The molecule has 4 heterocycles. The molecule has 2 saturated heterocycles. The summed E-state index contributed by atoms with van der Waals surface area (Å²) in [6.07, 6.45) is 1.03. The first-order valence-electron chi connectivity index (χ1n) is 22.6. The van der Waals surface area contributed by atoms with Gasteiger partial charge < -0.3 is 39.1 Å². The Morgan fingerprint density at radius 2 is 1.52 bits per heavy atom. The van der Waals surface area contributed by atoms with Crippen LogP contribution in [0, 0.1) is 0 Å². The van der Waals surface area contributed by atoms with Gasteiger partial charge in [-0.05, 0) is 50.1 Å². The Morgan fingerprint density at radius 3 is 2.19 bits per heavy atom. The van der Waals surface area contributed by atoms with E-state index in [1.165, 1.54) is 0 Å². The molecule has 5 aromatic rings. The average molecular weight is 873 g/mol. The number of morpholine rings is 1. The molecule has 1 amide bonds. The summed E-state index contributed by atoms with van der Waals surface area (Å²) in [5.74, 6) is 0.944. The standard InChI is InChI=1S/C50H64N6O6Si/c1-49(2,3)62-48(59)55-25-26-56(44(35-55)46(58)63(50(4,5)6,38-17-9-7-10-18-38)39-19-11-8-12-20-39)45-41-22-24-54(43-33-37(57)32-36-16-13-14-21-40(36)43)34-42(41)51-47(52-45)61-29-15-23-53-27-30-60-31-28-53/h7-14,16-21,32-33,44,46,57-58H,15,22-31,34-35H2,1-6H3. The van der Waals surface area contributed by atoms with Crippen molar-refractivity contribution in [3.8, 4) is 11.8 Å². The Morgan fingerprint density at radius 1 is 0.857 bits per heavy atom. The number of aliphatic hydroxyl groups is 1. The zero-order valence-corrected chi connectivity index (χ0v) is 38.8. The molecule has 1 aromatic heterocycles. The first-order chi connectivity index (χ1) is 30.2. The lowest BCUT2D eigenvalue weighted by Crippen LogP contribution is -2.77. The summed E-state index contributed by atoms with van der Waals surface area (Å²) < 4.78 is 18.0. The van der Waals surface area contributed by atoms with Crippen LogP contribution in [0.25, 0.3) is 10.8 Å². The highest BCUT2D eigenvalue weighted by Gasteiger charge is 2.57. The van der Waals surface area contributed by atoms with Crippen molar-refractivity contribution in [3.05, 3.63) is 108 Å². The van der Waals surface area contributed by atoms with Gasteiger partial charge in [0.05, 0.1) is 43.8 Å². The van der Waals surface area contributed by atoms with Gasteiger partial charge in [0.25, 0.3) is 0 Å². The Hall–Kier alpha value is -5.21. The molecule has 63 heavy (non-hydrogen) atoms. The lowest BCUT2D eigenvalue weighted by molar-refractivity contribution is 0.0181. The van der Waals surface area contributed by atoms with Gasteiger partial charge in [0.1, 0.15) is 17.2 Å². The van der Waals surface area contributed by atoms with Crippen LogP contribution in [0.5, 0.6) is 11.8 Å². The summed E-state index contributed by atoms with van der Waals surface area (Å²) >= 11 is 0. The first-order valence-corrected chi connectivity index (χ1v) is 24.6. The smallest absolute Gasteiger partial charge is 0.410 e. The molecule has 0 saturated carbocycles. The fourth-order valence-electron chi connectivity index (χ4n) is 10.1. The molecule has 3 aliphatic heterocycles. The van der Waals surface area contributed by atoms with E-state index in [0.29, 0.717) is 45.2 Å². The van der Waals surface area contributed by atoms with Crippen molar-refractivity contribution >= 4 is 46.8 Å². The summed E-state index contributed by atoms with van der Waals surface area (Å²) in [5.41, 5.74) is 1.19. The van der Waals surface area contributed by atoms with Gasteiger partial charge in [0.2, 0.25) is 0 Å². The van der Waals surface area contributed by atoms with Gasteiger partial charge in [-0.3, -0.25) is 4.90 Å². The van der Waals surface area contributed by atoms with Crippen LogP contribution in [0.3, 0.4) is 0 Å². The third-order valence-electron chi connectivity index (χ3n) is 12.9. The molecule has 0 radical (unpaired) electrons. The van der Waals surface area contributed by atoms with Gasteiger partial charge in [0.15, 0.2) is 8.07 Å². The number of anilines is 2. The molecule has 2 fully saturated rings. The fraction of sp³-hybridized carbons (Fsp3) is 0.460. The maximum Gasteiger partial charge on any atom is 0.410 e. The lowest BCUT2D eigenvalue weighted by atomic mass is 10.0. The Labute approximate surface area is 373 Å². The molecule has 0 bridgehead atoms. The Kier molecular flexibility index (Phi) is 13.0. The van der Waals surface area contributed by atoms with Crippen molar-refractivity contribution in [3.63, 3.8) is 0 Å². The van der Waals surface area contributed by atoms with Gasteiger partial charge in [-0.25, -0.2) is 4.79 Å². The quantitative estimate of drug-likeness (QED) is 0.114. The van der Waals surface area contributed by atoms with E-state index < -0.39 is 31.5 Å². The molecule has 0 spiro atoms. The molecule has 2 N–H and O–H groups in total. The summed E-state index contributed by atoms with van der Waals surface area (Å²) in [4.78, 5) is 33.1. The van der Waals surface area contributed by atoms with Crippen LogP contribution in [0.15, 0.2) is 97.1 Å². The van der Waals surface area contributed by atoms with Crippen molar-refractivity contribution < 1.29 is 29.2 Å². The van der Waals surface area contributed by atoms with Crippen molar-refractivity contribution in [2.24, 2.45) is 0 Å². The van der Waals surface area contributed by atoms with Crippen LogP contribution in [-0.4, -0.2) is 127 Å². The summed E-state index contributed by atoms with van der Waals surface area (Å²) in [5, 5.41) is 28.4. The number of benzene rings is 4. The Bertz CT molecular complexity index is 2310. The predicted octanol–water partition coefficient (Wildman–Crippen LogP) is 6.39. The van der Waals surface area contributed by atoms with E-state index in [1.807, 2.05) is 57.2 Å². The van der Waals surface area contributed by atoms with Crippen LogP contribution in [0.2, 0.25) is 5.04 Å². The average Bonchev–Trinajstić information content (AvgIpc) is 3.27. The van der Waals surface area contributed by atoms with Gasteiger partial charge in [-0.1, -0.05) is 116 Å². The van der Waals surface area contributed by atoms with E-state index >= 15 is 0 Å². The largest absolute Gasteiger partial charge is 0.508 e. The monoisotopic (exact) mass is 872 g/mol. The molecule has 0 aliphatic carbocycles. The maximum atomic E-state index is 14.0. The van der Waals surface area contributed by atoms with Crippen LogP contribution in [0.4, 0.5) is 16.3 Å². The van der Waals surface area contributed by atoms with Crippen molar-refractivity contribution in [1.29, 1.82) is 0 Å². The minimum absolute atomic E-state index is 0.213. The number of amides is 1. The van der Waals surface area contributed by atoms with E-state index in [0.717, 1.165) is 83.2 Å². The number of aromatic nitrogens is 2. The summed E-state index contributed by atoms with van der Waals surface area (Å²) in [6, 6.07) is 32.5. The Balaban J connectivity index is 1.24. The third-order valence-corrected chi connectivity index (χ3v) is 19.1. The number of nitrogens with zero attached hydrogens (tertiary/aromatic N) is 6. The van der Waals surface area contributed by atoms with Crippen molar-refractivity contribution in [1.82, 2.24) is 19.8 Å². The van der Waals surface area contributed by atoms with E-state index in [2.05, 4.69) is 90.1 Å². The molecule has 334 valence electrons. The number of carbonyl (C=O) groups excluding carboxylic acids is 1. The highest BCUT2D eigenvalue weighted by atomic mass is 28.3. The maximum absolute atomic E-state index is 14.0. The molecule has 8 rings (SSSR count). The molecular formula is C50H64N6O6Si. The number of rotatable bonds is 11. The van der Waals surface area contributed by atoms with E-state index in [9.17, 15) is 15.0 Å². The number of phenols is 1. The topological polar surface area (TPSA) is 124 Å². The highest BCUT2D eigenvalue weighted by molar-refractivity contribution is 7.05. The second-order valence-electron chi connectivity index (χ2n) is 19.2. The number of ether oxygens (including phenoxy) is 3. The van der Waals surface area contributed by atoms with Gasteiger partial charge in [-0.2, -0.15) is 9.97 Å². The second kappa shape index (κ2) is 18.5. The SMILES string of the molecule is CC(C)(C)OC(=O)N1CCN(c2nc(OCCCN3CCOCC3)nc3c2CCN(c2cc(O)cc4ccccc24)C3)C(C(O)[Si](c2ccccc2)(c2ccccc2)C(C)(C)C)C1. The second-order valence-corrected chi connectivity index (χ2v) is 24.1. The number of hydrogen-bond acceptors (Lipinski definition) is 11. The summed E-state index contributed by atoms with van der Waals surface area (Å²) in [7, 11) is -3.19. The number of carbonyl (C=O) groups is 1. The van der Waals surface area contributed by atoms with Gasteiger partial charge >= 0.3 is 12.1 Å². The molecule has 12 nitrogen and oxygen atoms in total. The highest BCUT2D eigenvalue weighted by Crippen LogP contribution is 2.42. The number of aromatic hydroxyl groups is 1.